The molecule has 5 heteroatoms. The van der Waals surface area contributed by atoms with Gasteiger partial charge >= 0.3 is 5.97 Å². The molecule has 1 saturated carbocycles. The number of pyridine rings is 1. The van der Waals surface area contributed by atoms with Gasteiger partial charge in [0.1, 0.15) is 11.7 Å². The summed E-state index contributed by atoms with van der Waals surface area (Å²) in [6.45, 7) is 2.08. The standard InChI is InChI=1S/C13H18N2O3/c1-2-17-13(16)11-7-9(14)8-15-12(11)18-10-5-3-4-6-10/h7-8,10H,2-6,14H2,1H3. The second-order valence-corrected chi connectivity index (χ2v) is 4.37. The number of ether oxygens (including phenoxy) is 2. The Kier molecular flexibility index (Phi) is 4.02. The van der Waals surface area contributed by atoms with E-state index in [0.717, 1.165) is 25.7 Å². The summed E-state index contributed by atoms with van der Waals surface area (Å²) in [6, 6.07) is 1.55. The zero-order chi connectivity index (χ0) is 13.0. The first-order chi connectivity index (χ1) is 8.70. The number of carbonyl (C=O) groups is 1. The first kappa shape index (κ1) is 12.7. The molecule has 0 atom stereocenters. The predicted octanol–water partition coefficient (Wildman–Crippen LogP) is 2.16. The van der Waals surface area contributed by atoms with E-state index in [1.807, 2.05) is 0 Å². The monoisotopic (exact) mass is 250 g/mol. The molecule has 0 aromatic carbocycles. The van der Waals surface area contributed by atoms with Crippen LogP contribution < -0.4 is 10.5 Å². The Morgan fingerprint density at radius 3 is 2.89 bits per heavy atom. The fourth-order valence-electron chi connectivity index (χ4n) is 2.08. The molecule has 0 bridgehead atoms. The van der Waals surface area contributed by atoms with E-state index in [1.54, 1.807) is 13.0 Å². The Balaban J connectivity index is 2.19. The third-order valence-corrected chi connectivity index (χ3v) is 2.95. The minimum Gasteiger partial charge on any atom is -0.474 e. The van der Waals surface area contributed by atoms with Crippen molar-refractivity contribution in [2.75, 3.05) is 12.3 Å². The highest BCUT2D eigenvalue weighted by atomic mass is 16.5. The third kappa shape index (κ3) is 2.91. The van der Waals surface area contributed by atoms with Crippen molar-refractivity contribution in [2.45, 2.75) is 38.7 Å². The number of nitrogens with two attached hydrogens (primary N) is 1. The molecule has 1 aliphatic carbocycles. The molecule has 0 aliphatic heterocycles. The lowest BCUT2D eigenvalue weighted by Gasteiger charge is -2.14. The highest BCUT2D eigenvalue weighted by Gasteiger charge is 2.22. The van der Waals surface area contributed by atoms with Crippen molar-refractivity contribution in [2.24, 2.45) is 0 Å². The van der Waals surface area contributed by atoms with Crippen molar-refractivity contribution in [3.05, 3.63) is 17.8 Å². The van der Waals surface area contributed by atoms with Crippen LogP contribution in [0.3, 0.4) is 0 Å². The van der Waals surface area contributed by atoms with E-state index in [2.05, 4.69) is 4.98 Å². The smallest absolute Gasteiger partial charge is 0.343 e. The quantitative estimate of drug-likeness (QED) is 0.829. The van der Waals surface area contributed by atoms with Crippen molar-refractivity contribution in [1.82, 2.24) is 4.98 Å². The molecule has 2 N–H and O–H groups in total. The molecule has 2 rings (SSSR count). The lowest BCUT2D eigenvalue weighted by atomic mass is 10.2. The van der Waals surface area contributed by atoms with E-state index in [9.17, 15) is 4.79 Å². The van der Waals surface area contributed by atoms with E-state index < -0.39 is 5.97 Å². The fraction of sp³-hybridized carbons (Fsp3) is 0.538. The topological polar surface area (TPSA) is 74.4 Å². The summed E-state index contributed by atoms with van der Waals surface area (Å²) in [5, 5.41) is 0. The minimum absolute atomic E-state index is 0.148. The van der Waals surface area contributed by atoms with Gasteiger partial charge in [0.2, 0.25) is 5.88 Å². The molecule has 1 aromatic rings. The number of hydrogen-bond acceptors (Lipinski definition) is 5. The van der Waals surface area contributed by atoms with Crippen LogP contribution >= 0.6 is 0 Å². The summed E-state index contributed by atoms with van der Waals surface area (Å²) < 4.78 is 10.7. The van der Waals surface area contributed by atoms with Gasteiger partial charge in [-0.15, -0.1) is 0 Å². The fourth-order valence-corrected chi connectivity index (χ4v) is 2.08. The number of aromatic nitrogens is 1. The SMILES string of the molecule is CCOC(=O)c1cc(N)cnc1OC1CCCC1. The molecule has 1 aliphatic rings. The molecule has 0 radical (unpaired) electrons. The van der Waals surface area contributed by atoms with Crippen molar-refractivity contribution in [3.63, 3.8) is 0 Å². The molecule has 0 saturated heterocycles. The van der Waals surface area contributed by atoms with Crippen LogP contribution in [0.15, 0.2) is 12.3 Å². The largest absolute Gasteiger partial charge is 0.474 e. The first-order valence-electron chi connectivity index (χ1n) is 6.30. The number of esters is 1. The summed E-state index contributed by atoms with van der Waals surface area (Å²) in [6.07, 6.45) is 5.98. The van der Waals surface area contributed by atoms with E-state index in [1.165, 1.54) is 6.20 Å². The van der Waals surface area contributed by atoms with Gasteiger partial charge in [0.25, 0.3) is 0 Å². The van der Waals surface area contributed by atoms with Gasteiger partial charge in [-0.2, -0.15) is 0 Å². The number of nitrogens with zero attached hydrogens (tertiary/aromatic N) is 1. The molecular weight excluding hydrogens is 232 g/mol. The Hall–Kier alpha value is -1.78. The summed E-state index contributed by atoms with van der Waals surface area (Å²) in [7, 11) is 0. The van der Waals surface area contributed by atoms with Crippen LogP contribution in [0.2, 0.25) is 0 Å². The number of rotatable bonds is 4. The molecule has 5 nitrogen and oxygen atoms in total. The van der Waals surface area contributed by atoms with E-state index in [-0.39, 0.29) is 6.10 Å². The molecule has 1 aromatic heterocycles. The zero-order valence-corrected chi connectivity index (χ0v) is 10.5. The second kappa shape index (κ2) is 5.71. The Labute approximate surface area is 106 Å². The summed E-state index contributed by atoms with van der Waals surface area (Å²) in [4.78, 5) is 15.9. The molecule has 0 amide bonds. The van der Waals surface area contributed by atoms with Crippen molar-refractivity contribution in [1.29, 1.82) is 0 Å². The molecule has 1 heterocycles. The molecular formula is C13H18N2O3. The van der Waals surface area contributed by atoms with E-state index in [0.29, 0.717) is 23.7 Å². The van der Waals surface area contributed by atoms with Gasteiger partial charge in [-0.25, -0.2) is 9.78 Å². The van der Waals surface area contributed by atoms with Crippen LogP contribution in [0.5, 0.6) is 5.88 Å². The number of anilines is 1. The van der Waals surface area contributed by atoms with Gasteiger partial charge in [0, 0.05) is 0 Å². The number of hydrogen-bond donors (Lipinski definition) is 1. The van der Waals surface area contributed by atoms with Crippen molar-refractivity contribution in [3.8, 4) is 5.88 Å². The molecule has 0 spiro atoms. The van der Waals surface area contributed by atoms with Gasteiger partial charge < -0.3 is 15.2 Å². The first-order valence-corrected chi connectivity index (χ1v) is 6.30. The average Bonchev–Trinajstić information content (AvgIpc) is 2.84. The summed E-state index contributed by atoms with van der Waals surface area (Å²) in [5.41, 5.74) is 6.38. The average molecular weight is 250 g/mol. The van der Waals surface area contributed by atoms with E-state index >= 15 is 0 Å². The van der Waals surface area contributed by atoms with Crippen LogP contribution in [0, 0.1) is 0 Å². The summed E-state index contributed by atoms with van der Waals surface area (Å²) >= 11 is 0. The highest BCUT2D eigenvalue weighted by Crippen LogP contribution is 2.26. The van der Waals surface area contributed by atoms with Crippen LogP contribution in [0.25, 0.3) is 0 Å². The maximum absolute atomic E-state index is 11.8. The summed E-state index contributed by atoms with van der Waals surface area (Å²) in [5.74, 6) is -0.111. The number of carbonyl (C=O) groups excluding carboxylic acids is 1. The lowest BCUT2D eigenvalue weighted by Crippen LogP contribution is -2.16. The Bertz CT molecular complexity index is 428. The van der Waals surface area contributed by atoms with Crippen molar-refractivity contribution < 1.29 is 14.3 Å². The molecule has 18 heavy (non-hydrogen) atoms. The van der Waals surface area contributed by atoms with Gasteiger partial charge in [-0.3, -0.25) is 0 Å². The van der Waals surface area contributed by atoms with Crippen LogP contribution in [0.4, 0.5) is 5.69 Å². The minimum atomic E-state index is -0.440. The third-order valence-electron chi connectivity index (χ3n) is 2.95. The van der Waals surface area contributed by atoms with Gasteiger partial charge in [0.05, 0.1) is 18.5 Å². The van der Waals surface area contributed by atoms with Crippen LogP contribution in [-0.4, -0.2) is 23.7 Å². The second-order valence-electron chi connectivity index (χ2n) is 4.37. The number of nitrogen functional groups attached to an aromatic ring is 1. The van der Waals surface area contributed by atoms with Gasteiger partial charge in [0.15, 0.2) is 0 Å². The maximum Gasteiger partial charge on any atom is 0.343 e. The Morgan fingerprint density at radius 1 is 1.50 bits per heavy atom. The molecule has 98 valence electrons. The van der Waals surface area contributed by atoms with Gasteiger partial charge in [-0.1, -0.05) is 0 Å². The normalized spacial score (nSPS) is 15.6. The van der Waals surface area contributed by atoms with Crippen molar-refractivity contribution >= 4 is 11.7 Å². The predicted molar refractivity (Wildman–Crippen MR) is 67.5 cm³/mol. The van der Waals surface area contributed by atoms with Gasteiger partial charge in [-0.05, 0) is 38.7 Å². The highest BCUT2D eigenvalue weighted by molar-refractivity contribution is 5.92. The molecule has 0 unspecified atom stereocenters. The molecule has 1 fully saturated rings. The van der Waals surface area contributed by atoms with E-state index in [4.69, 9.17) is 15.2 Å². The lowest BCUT2D eigenvalue weighted by molar-refractivity contribution is 0.0517. The van der Waals surface area contributed by atoms with Crippen LogP contribution in [-0.2, 0) is 4.74 Å². The zero-order valence-electron chi connectivity index (χ0n) is 10.5. The maximum atomic E-state index is 11.8. The van der Waals surface area contributed by atoms with Crippen LogP contribution in [0.1, 0.15) is 43.0 Å². The Morgan fingerprint density at radius 2 is 2.22 bits per heavy atom.